The lowest BCUT2D eigenvalue weighted by Crippen LogP contribution is -2.38. The molecular weight excluding hydrogens is 446 g/mol. The quantitative estimate of drug-likeness (QED) is 0.473. The summed E-state index contributed by atoms with van der Waals surface area (Å²) in [7, 11) is 1.53. The molecule has 0 aromatic heterocycles. The third-order valence-corrected chi connectivity index (χ3v) is 5.34. The molecular formula is C24H22ClN3O5. The second-order valence-corrected chi connectivity index (χ2v) is 7.75. The number of nitrogens with one attached hydrogen (secondary N) is 1. The zero-order valence-electron chi connectivity index (χ0n) is 18.3. The number of amides is 1. The molecule has 2 aromatic carbocycles. The number of rotatable bonds is 7. The number of methoxy groups -OCH3 is 1. The van der Waals surface area contributed by atoms with E-state index in [9.17, 15) is 4.79 Å². The molecule has 0 saturated carbocycles. The van der Waals surface area contributed by atoms with E-state index >= 15 is 0 Å². The molecule has 1 amide bonds. The zero-order chi connectivity index (χ0) is 23.5. The lowest BCUT2D eigenvalue weighted by Gasteiger charge is -2.23. The molecule has 8 nitrogen and oxygen atoms in total. The van der Waals surface area contributed by atoms with Crippen LogP contribution in [0.15, 0.2) is 58.8 Å². The van der Waals surface area contributed by atoms with E-state index < -0.39 is 5.91 Å². The van der Waals surface area contributed by atoms with Crippen molar-refractivity contribution in [3.05, 3.63) is 70.0 Å². The van der Waals surface area contributed by atoms with E-state index in [1.54, 1.807) is 49.4 Å². The summed E-state index contributed by atoms with van der Waals surface area (Å²) in [5.41, 5.74) is 1.71. The first-order valence-electron chi connectivity index (χ1n) is 10.2. The topological polar surface area (TPSA) is 93.4 Å². The number of nitrogens with zero attached hydrogens (tertiary/aromatic N) is 2. The molecule has 0 unspecified atom stereocenters. The molecule has 0 spiro atoms. The predicted molar refractivity (Wildman–Crippen MR) is 125 cm³/mol. The van der Waals surface area contributed by atoms with Gasteiger partial charge in [0.2, 0.25) is 0 Å². The van der Waals surface area contributed by atoms with Crippen molar-refractivity contribution in [2.45, 2.75) is 13.8 Å². The normalized spacial score (nSPS) is 16.2. The number of benzene rings is 2. The average molecular weight is 468 g/mol. The van der Waals surface area contributed by atoms with Crippen LogP contribution in [0.4, 0.5) is 0 Å². The fourth-order valence-electron chi connectivity index (χ4n) is 3.28. The van der Waals surface area contributed by atoms with Gasteiger partial charge in [-0.25, -0.2) is 0 Å². The van der Waals surface area contributed by atoms with Gasteiger partial charge in [0, 0.05) is 11.1 Å². The van der Waals surface area contributed by atoms with Gasteiger partial charge in [-0.05, 0) is 61.4 Å². The van der Waals surface area contributed by atoms with Gasteiger partial charge in [-0.15, -0.1) is 5.06 Å². The minimum Gasteiger partial charge on any atom is -0.493 e. The highest BCUT2D eigenvalue weighted by Gasteiger charge is 2.34. The molecule has 2 heterocycles. The monoisotopic (exact) mass is 467 g/mol. The Balaban J connectivity index is 1.42. The minimum atomic E-state index is -0.505. The van der Waals surface area contributed by atoms with Crippen LogP contribution in [0.3, 0.4) is 0 Å². The summed E-state index contributed by atoms with van der Waals surface area (Å²) < 4.78 is 16.9. The summed E-state index contributed by atoms with van der Waals surface area (Å²) in [6.07, 6.45) is 3.18. The molecule has 2 aliphatic rings. The minimum absolute atomic E-state index is 0.0769. The highest BCUT2D eigenvalue weighted by molar-refractivity contribution is 6.32. The first-order chi connectivity index (χ1) is 15.9. The summed E-state index contributed by atoms with van der Waals surface area (Å²) in [5, 5.41) is 10.2. The van der Waals surface area contributed by atoms with Crippen molar-refractivity contribution in [2.75, 3.05) is 20.3 Å². The number of aryl methyl sites for hydroxylation is 1. The van der Waals surface area contributed by atoms with E-state index in [1.807, 2.05) is 13.0 Å². The average Bonchev–Trinajstić information content (AvgIpc) is 3.17. The Morgan fingerprint density at radius 1 is 1.12 bits per heavy atom. The summed E-state index contributed by atoms with van der Waals surface area (Å²) in [6, 6.07) is 10.7. The van der Waals surface area contributed by atoms with Gasteiger partial charge in [0.15, 0.2) is 23.2 Å². The number of aliphatic imine (C=N–C) groups is 1. The molecule has 0 bridgehead atoms. The number of amidine groups is 2. The Bertz CT molecular complexity index is 1220. The molecule has 1 N–H and O–H groups in total. The van der Waals surface area contributed by atoms with Crippen LogP contribution < -0.4 is 14.2 Å². The number of halogens is 1. The van der Waals surface area contributed by atoms with Crippen LogP contribution in [-0.2, 0) is 9.63 Å². The second-order valence-electron chi connectivity index (χ2n) is 7.34. The Hall–Kier alpha value is -3.78. The molecule has 0 atom stereocenters. The maximum atomic E-state index is 12.4. The maximum Gasteiger partial charge on any atom is 0.282 e. The van der Waals surface area contributed by atoms with Crippen molar-refractivity contribution < 1.29 is 23.8 Å². The van der Waals surface area contributed by atoms with E-state index in [0.717, 1.165) is 5.56 Å². The van der Waals surface area contributed by atoms with E-state index in [0.29, 0.717) is 52.6 Å². The number of hydroxylamine groups is 2. The zero-order valence-corrected chi connectivity index (χ0v) is 19.1. The Kier molecular flexibility index (Phi) is 6.37. The van der Waals surface area contributed by atoms with Gasteiger partial charge >= 0.3 is 0 Å². The number of hydrogen-bond donors (Lipinski definition) is 1. The van der Waals surface area contributed by atoms with Gasteiger partial charge < -0.3 is 19.0 Å². The Labute approximate surface area is 196 Å². The molecule has 170 valence electrons. The van der Waals surface area contributed by atoms with Crippen LogP contribution in [0.1, 0.15) is 18.1 Å². The molecule has 0 fully saturated rings. The standard InChI is InChI=1S/C24H22ClN3O5/c1-14-10-17(5-6-19(14)25)31-8-9-32-20-7-4-16(13-21(20)30-3)12-18-23(26)28-22(27-24(18)29)11-15(2)33-28/h4-7,10-13,26H,8-9H2,1-3H3/b18-12-,26-23?. The Morgan fingerprint density at radius 2 is 1.91 bits per heavy atom. The summed E-state index contributed by atoms with van der Waals surface area (Å²) in [6.45, 7) is 4.28. The smallest absolute Gasteiger partial charge is 0.282 e. The van der Waals surface area contributed by atoms with Crippen molar-refractivity contribution in [1.29, 1.82) is 5.41 Å². The molecule has 4 rings (SSSR count). The predicted octanol–water partition coefficient (Wildman–Crippen LogP) is 4.57. The van der Waals surface area contributed by atoms with Crippen LogP contribution >= 0.6 is 11.6 Å². The fraction of sp³-hybridized carbons (Fsp3) is 0.208. The number of fused-ring (bicyclic) bond motifs is 1. The number of hydrogen-bond acceptors (Lipinski definition) is 6. The van der Waals surface area contributed by atoms with Gasteiger partial charge in [0.25, 0.3) is 5.91 Å². The van der Waals surface area contributed by atoms with Crippen molar-refractivity contribution in [3.63, 3.8) is 0 Å². The van der Waals surface area contributed by atoms with E-state index in [2.05, 4.69) is 4.99 Å². The highest BCUT2D eigenvalue weighted by atomic mass is 35.5. The Morgan fingerprint density at radius 3 is 2.67 bits per heavy atom. The SMILES string of the molecule is COc1cc(/C=C2/C(=N)N3OC(C)=CC3=NC2=O)ccc1OCCOc1ccc(Cl)c(C)c1. The van der Waals surface area contributed by atoms with Crippen LogP contribution in [-0.4, -0.2) is 43.0 Å². The van der Waals surface area contributed by atoms with Gasteiger partial charge in [-0.1, -0.05) is 17.7 Å². The van der Waals surface area contributed by atoms with E-state index in [1.165, 1.54) is 12.2 Å². The van der Waals surface area contributed by atoms with Crippen LogP contribution in [0.2, 0.25) is 5.02 Å². The lowest BCUT2D eigenvalue weighted by molar-refractivity contribution is -0.114. The van der Waals surface area contributed by atoms with Crippen molar-refractivity contribution in [1.82, 2.24) is 5.06 Å². The lowest BCUT2D eigenvalue weighted by atomic mass is 10.1. The van der Waals surface area contributed by atoms with Crippen molar-refractivity contribution >= 4 is 35.3 Å². The van der Waals surface area contributed by atoms with Gasteiger partial charge in [0.05, 0.1) is 12.7 Å². The molecule has 9 heteroatoms. The van der Waals surface area contributed by atoms with E-state index in [-0.39, 0.29) is 11.4 Å². The fourth-order valence-corrected chi connectivity index (χ4v) is 3.40. The second kappa shape index (κ2) is 9.38. The number of ether oxygens (including phenoxy) is 3. The molecule has 2 aromatic rings. The first-order valence-corrected chi connectivity index (χ1v) is 10.5. The number of carbonyl (C=O) groups excluding carboxylic acids is 1. The summed E-state index contributed by atoms with van der Waals surface area (Å²) in [4.78, 5) is 21.8. The third kappa shape index (κ3) is 4.85. The molecule has 33 heavy (non-hydrogen) atoms. The molecule has 0 aliphatic carbocycles. The largest absolute Gasteiger partial charge is 0.493 e. The molecule has 2 aliphatic heterocycles. The summed E-state index contributed by atoms with van der Waals surface area (Å²) in [5.74, 6) is 2.01. The van der Waals surface area contributed by atoms with Crippen LogP contribution in [0.25, 0.3) is 6.08 Å². The first kappa shape index (κ1) is 22.4. The van der Waals surface area contributed by atoms with Crippen LogP contribution in [0, 0.1) is 12.3 Å². The third-order valence-electron chi connectivity index (χ3n) is 4.92. The highest BCUT2D eigenvalue weighted by Crippen LogP contribution is 2.30. The van der Waals surface area contributed by atoms with Gasteiger partial charge in [-0.3, -0.25) is 10.2 Å². The number of carbonyl (C=O) groups is 1. The maximum absolute atomic E-state index is 12.4. The van der Waals surface area contributed by atoms with Gasteiger partial charge in [-0.2, -0.15) is 4.99 Å². The van der Waals surface area contributed by atoms with Crippen LogP contribution in [0.5, 0.6) is 17.2 Å². The van der Waals surface area contributed by atoms with E-state index in [4.69, 9.17) is 36.1 Å². The van der Waals surface area contributed by atoms with Gasteiger partial charge in [0.1, 0.15) is 24.7 Å². The van der Waals surface area contributed by atoms with Crippen molar-refractivity contribution in [3.8, 4) is 17.2 Å². The van der Waals surface area contributed by atoms with Crippen molar-refractivity contribution in [2.24, 2.45) is 4.99 Å². The summed E-state index contributed by atoms with van der Waals surface area (Å²) >= 11 is 6.03. The molecule has 0 saturated heterocycles. The number of allylic oxidation sites excluding steroid dienone is 1. The molecule has 0 radical (unpaired) electrons.